The molecule has 1 aromatic carbocycles. The number of aliphatic imine (C=N–C) groups is 1. The molecule has 0 aliphatic heterocycles. The zero-order valence-corrected chi connectivity index (χ0v) is 14.2. The van der Waals surface area contributed by atoms with Crippen molar-refractivity contribution < 1.29 is 18.6 Å². The van der Waals surface area contributed by atoms with E-state index in [2.05, 4.69) is 10.3 Å². The first-order valence-corrected chi connectivity index (χ1v) is 6.07. The molecule has 0 heterocycles. The van der Waals surface area contributed by atoms with Crippen molar-refractivity contribution in [3.63, 3.8) is 0 Å². The first kappa shape index (κ1) is 20.0. The van der Waals surface area contributed by atoms with Gasteiger partial charge in [-0.1, -0.05) is 6.07 Å². The van der Waals surface area contributed by atoms with Crippen LogP contribution in [0.5, 0.6) is 0 Å². The maximum Gasteiger partial charge on any atom is 0.188 e. The minimum atomic E-state index is -1.58. The van der Waals surface area contributed by atoms with Crippen LogP contribution in [0.4, 0.5) is 8.78 Å². The lowest BCUT2D eigenvalue weighted by molar-refractivity contribution is 0.0633. The van der Waals surface area contributed by atoms with Gasteiger partial charge < -0.3 is 20.9 Å². The molecule has 0 radical (unpaired) electrons. The Morgan fingerprint density at radius 3 is 2.71 bits per heavy atom. The van der Waals surface area contributed by atoms with Crippen molar-refractivity contribution in [1.29, 1.82) is 0 Å². The average Bonchev–Trinajstić information content (AvgIpc) is 2.36. The van der Waals surface area contributed by atoms with Gasteiger partial charge in [0.1, 0.15) is 17.2 Å². The SMILES string of the molecule is COCCNC(N)=NCC(C)(O)c1ccc(F)cc1F.I. The summed E-state index contributed by atoms with van der Waals surface area (Å²) < 4.78 is 31.3. The fourth-order valence-corrected chi connectivity index (χ4v) is 1.59. The van der Waals surface area contributed by atoms with Crippen molar-refractivity contribution >= 4 is 29.9 Å². The highest BCUT2D eigenvalue weighted by Crippen LogP contribution is 2.24. The van der Waals surface area contributed by atoms with Gasteiger partial charge in [-0.25, -0.2) is 8.78 Å². The zero-order chi connectivity index (χ0) is 15.2. The van der Waals surface area contributed by atoms with Crippen LogP contribution in [-0.4, -0.2) is 37.9 Å². The second-order valence-corrected chi connectivity index (χ2v) is 4.52. The lowest BCUT2D eigenvalue weighted by atomic mass is 9.95. The van der Waals surface area contributed by atoms with Crippen LogP contribution in [0.3, 0.4) is 0 Å². The number of nitrogens with one attached hydrogen (secondary N) is 1. The predicted molar refractivity (Wildman–Crippen MR) is 87.7 cm³/mol. The van der Waals surface area contributed by atoms with Crippen molar-refractivity contribution in [3.05, 3.63) is 35.4 Å². The number of halogens is 3. The third-order valence-corrected chi connectivity index (χ3v) is 2.68. The number of benzene rings is 1. The lowest BCUT2D eigenvalue weighted by Crippen LogP contribution is -2.36. The number of methoxy groups -OCH3 is 1. The van der Waals surface area contributed by atoms with Crippen LogP contribution in [0.1, 0.15) is 12.5 Å². The molecule has 0 aliphatic rings. The van der Waals surface area contributed by atoms with E-state index >= 15 is 0 Å². The number of guanidine groups is 1. The molecule has 0 spiro atoms. The molecule has 1 aromatic rings. The summed E-state index contributed by atoms with van der Waals surface area (Å²) in [6, 6.07) is 2.99. The second-order valence-electron chi connectivity index (χ2n) is 4.52. The van der Waals surface area contributed by atoms with Crippen LogP contribution in [0.15, 0.2) is 23.2 Å². The fraction of sp³-hybridized carbons (Fsp3) is 0.462. The molecule has 5 nitrogen and oxygen atoms in total. The van der Waals surface area contributed by atoms with E-state index in [1.807, 2.05) is 0 Å². The van der Waals surface area contributed by atoms with Crippen LogP contribution in [-0.2, 0) is 10.3 Å². The van der Waals surface area contributed by atoms with Gasteiger partial charge in [0.15, 0.2) is 5.96 Å². The summed E-state index contributed by atoms with van der Waals surface area (Å²) in [7, 11) is 1.55. The number of nitrogens with zero attached hydrogens (tertiary/aromatic N) is 1. The molecular weight excluding hydrogens is 395 g/mol. The quantitative estimate of drug-likeness (QED) is 0.284. The first-order chi connectivity index (χ1) is 9.36. The largest absolute Gasteiger partial charge is 0.383 e. The molecule has 4 N–H and O–H groups in total. The molecule has 1 rings (SSSR count). The zero-order valence-electron chi connectivity index (χ0n) is 11.9. The van der Waals surface area contributed by atoms with Crippen molar-refractivity contribution in [2.45, 2.75) is 12.5 Å². The van der Waals surface area contributed by atoms with Gasteiger partial charge in [0.25, 0.3) is 0 Å². The molecule has 0 saturated heterocycles. The highest BCUT2D eigenvalue weighted by molar-refractivity contribution is 14.0. The summed E-state index contributed by atoms with van der Waals surface area (Å²) in [5.74, 6) is -1.41. The fourth-order valence-electron chi connectivity index (χ4n) is 1.59. The summed E-state index contributed by atoms with van der Waals surface area (Å²) in [6.07, 6.45) is 0. The van der Waals surface area contributed by atoms with Crippen molar-refractivity contribution in [1.82, 2.24) is 5.32 Å². The molecule has 0 amide bonds. The van der Waals surface area contributed by atoms with Gasteiger partial charge in [0, 0.05) is 25.3 Å². The van der Waals surface area contributed by atoms with Crippen molar-refractivity contribution in [2.24, 2.45) is 10.7 Å². The van der Waals surface area contributed by atoms with E-state index in [4.69, 9.17) is 10.5 Å². The predicted octanol–water partition coefficient (Wildman–Crippen LogP) is 1.34. The number of hydrogen-bond donors (Lipinski definition) is 3. The Hall–Kier alpha value is -1.00. The maximum absolute atomic E-state index is 13.6. The van der Waals surface area contributed by atoms with Crippen LogP contribution >= 0.6 is 24.0 Å². The van der Waals surface area contributed by atoms with E-state index in [9.17, 15) is 13.9 Å². The molecule has 0 aromatic heterocycles. The molecule has 0 bridgehead atoms. The topological polar surface area (TPSA) is 79.9 Å². The van der Waals surface area contributed by atoms with Gasteiger partial charge in [-0.15, -0.1) is 24.0 Å². The third-order valence-electron chi connectivity index (χ3n) is 2.68. The second kappa shape index (κ2) is 9.11. The van der Waals surface area contributed by atoms with Gasteiger partial charge >= 0.3 is 0 Å². The van der Waals surface area contributed by atoms with Crippen molar-refractivity contribution in [3.8, 4) is 0 Å². The van der Waals surface area contributed by atoms with Gasteiger partial charge in [-0.3, -0.25) is 4.99 Å². The van der Waals surface area contributed by atoms with E-state index in [-0.39, 0.29) is 42.0 Å². The van der Waals surface area contributed by atoms with Crippen LogP contribution in [0.2, 0.25) is 0 Å². The van der Waals surface area contributed by atoms with Gasteiger partial charge in [0.05, 0.1) is 13.2 Å². The molecule has 0 fully saturated rings. The Bertz CT molecular complexity index is 484. The molecule has 0 saturated carbocycles. The Kier molecular flexibility index (Phi) is 8.67. The minimum absolute atomic E-state index is 0. The number of hydrogen-bond acceptors (Lipinski definition) is 3. The molecule has 21 heavy (non-hydrogen) atoms. The lowest BCUT2D eigenvalue weighted by Gasteiger charge is -2.22. The van der Waals surface area contributed by atoms with E-state index in [0.717, 1.165) is 6.07 Å². The smallest absolute Gasteiger partial charge is 0.188 e. The number of nitrogens with two attached hydrogens (primary N) is 1. The molecule has 1 atom stereocenters. The summed E-state index contributed by atoms with van der Waals surface area (Å²) in [6.45, 7) is 2.16. The monoisotopic (exact) mass is 415 g/mol. The summed E-state index contributed by atoms with van der Waals surface area (Å²) in [4.78, 5) is 3.92. The van der Waals surface area contributed by atoms with Gasteiger partial charge in [-0.05, 0) is 13.0 Å². The van der Waals surface area contributed by atoms with E-state index < -0.39 is 17.2 Å². The van der Waals surface area contributed by atoms with Crippen LogP contribution in [0.25, 0.3) is 0 Å². The molecule has 0 aliphatic carbocycles. The third kappa shape index (κ3) is 6.53. The normalized spacial score (nSPS) is 14.2. The Labute approximate surface area is 139 Å². The Balaban J connectivity index is 0.00000400. The summed E-state index contributed by atoms with van der Waals surface area (Å²) in [5.41, 5.74) is 3.97. The van der Waals surface area contributed by atoms with E-state index in [1.54, 1.807) is 7.11 Å². The summed E-state index contributed by atoms with van der Waals surface area (Å²) in [5, 5.41) is 13.0. The first-order valence-electron chi connectivity index (χ1n) is 6.07. The van der Waals surface area contributed by atoms with Gasteiger partial charge in [0.2, 0.25) is 0 Å². The Morgan fingerprint density at radius 2 is 2.14 bits per heavy atom. The van der Waals surface area contributed by atoms with Crippen LogP contribution < -0.4 is 11.1 Å². The van der Waals surface area contributed by atoms with Crippen molar-refractivity contribution in [2.75, 3.05) is 26.8 Å². The Morgan fingerprint density at radius 1 is 1.48 bits per heavy atom. The molecule has 1 unspecified atom stereocenters. The van der Waals surface area contributed by atoms with E-state index in [0.29, 0.717) is 19.2 Å². The molecular formula is C13H20F2IN3O2. The standard InChI is InChI=1S/C13H19F2N3O2.HI/c1-13(19,8-18-12(16)17-5-6-20-2)10-4-3-9(14)7-11(10)15;/h3-4,7,19H,5-6,8H2,1-2H3,(H3,16,17,18);1H. The number of rotatable bonds is 6. The van der Waals surface area contributed by atoms with Crippen LogP contribution in [0, 0.1) is 11.6 Å². The highest BCUT2D eigenvalue weighted by atomic mass is 127. The minimum Gasteiger partial charge on any atom is -0.383 e. The highest BCUT2D eigenvalue weighted by Gasteiger charge is 2.26. The van der Waals surface area contributed by atoms with Gasteiger partial charge in [-0.2, -0.15) is 0 Å². The number of ether oxygens (including phenoxy) is 1. The maximum atomic E-state index is 13.6. The molecule has 120 valence electrons. The average molecular weight is 415 g/mol. The molecule has 8 heteroatoms. The number of aliphatic hydroxyl groups is 1. The summed E-state index contributed by atoms with van der Waals surface area (Å²) >= 11 is 0. The van der Waals surface area contributed by atoms with E-state index in [1.165, 1.54) is 13.0 Å².